The van der Waals surface area contributed by atoms with Gasteiger partial charge >= 0.3 is 0 Å². The summed E-state index contributed by atoms with van der Waals surface area (Å²) in [5.74, 6) is 0.845. The van der Waals surface area contributed by atoms with Crippen LogP contribution >= 0.6 is 35.3 Å². The Hall–Kier alpha value is -0.830. The van der Waals surface area contributed by atoms with Crippen LogP contribution in [-0.2, 0) is 10.2 Å². The van der Waals surface area contributed by atoms with Gasteiger partial charge in [-0.15, -0.1) is 35.3 Å². The molecule has 0 aliphatic carbocycles. The summed E-state index contributed by atoms with van der Waals surface area (Å²) in [4.78, 5) is 17.9. The third kappa shape index (κ3) is 8.89. The average Bonchev–Trinajstić information content (AvgIpc) is 3.03. The van der Waals surface area contributed by atoms with Gasteiger partial charge in [0.2, 0.25) is 5.91 Å². The normalized spacial score (nSPS) is 12.3. The molecule has 3 N–H and O–H groups in total. The van der Waals surface area contributed by atoms with Gasteiger partial charge in [0.05, 0.1) is 6.54 Å². The van der Waals surface area contributed by atoms with Crippen molar-refractivity contribution in [3.63, 3.8) is 0 Å². The van der Waals surface area contributed by atoms with Crippen molar-refractivity contribution in [3.05, 3.63) is 22.4 Å². The molecule has 144 valence electrons. The van der Waals surface area contributed by atoms with E-state index in [4.69, 9.17) is 4.99 Å². The van der Waals surface area contributed by atoms with E-state index in [-0.39, 0.29) is 40.7 Å². The van der Waals surface area contributed by atoms with Gasteiger partial charge in [-0.3, -0.25) is 9.79 Å². The summed E-state index contributed by atoms with van der Waals surface area (Å²) in [6.07, 6.45) is 0. The molecule has 0 saturated heterocycles. The number of hydrogen-bond acceptors (Lipinski definition) is 3. The molecule has 0 aromatic carbocycles. The number of halogens is 1. The van der Waals surface area contributed by atoms with Gasteiger partial charge in [-0.1, -0.05) is 40.7 Å². The zero-order chi connectivity index (χ0) is 18.2. The Labute approximate surface area is 173 Å². The molecule has 5 nitrogen and oxygen atoms in total. The van der Waals surface area contributed by atoms with E-state index in [0.717, 1.165) is 12.5 Å². The monoisotopic (exact) mass is 480 g/mol. The Morgan fingerprint density at radius 1 is 1.12 bits per heavy atom. The fourth-order valence-corrected chi connectivity index (χ4v) is 2.83. The molecule has 1 rings (SSSR count). The SMILES string of the molecule is CCNC(=NCC(C)(C)c1cccs1)NCCNC(=O)C(C)(C)C.I. The Bertz CT molecular complexity index is 536. The van der Waals surface area contributed by atoms with Gasteiger partial charge in [0, 0.05) is 35.3 Å². The predicted octanol–water partition coefficient (Wildman–Crippen LogP) is 3.36. The highest BCUT2D eigenvalue weighted by Gasteiger charge is 2.22. The highest BCUT2D eigenvalue weighted by molar-refractivity contribution is 14.0. The molecule has 1 heterocycles. The minimum atomic E-state index is -0.358. The maximum atomic E-state index is 11.8. The average molecular weight is 480 g/mol. The van der Waals surface area contributed by atoms with Crippen molar-refractivity contribution in [2.24, 2.45) is 10.4 Å². The molecule has 25 heavy (non-hydrogen) atoms. The van der Waals surface area contributed by atoms with Crippen LogP contribution in [0.4, 0.5) is 0 Å². The third-order valence-electron chi connectivity index (χ3n) is 3.55. The zero-order valence-electron chi connectivity index (χ0n) is 16.2. The molecule has 0 unspecified atom stereocenters. The number of carbonyl (C=O) groups excluding carboxylic acids is 1. The van der Waals surface area contributed by atoms with Crippen molar-refractivity contribution in [2.75, 3.05) is 26.2 Å². The molecular weight excluding hydrogens is 447 g/mol. The van der Waals surface area contributed by atoms with Crippen molar-refractivity contribution in [1.29, 1.82) is 0 Å². The van der Waals surface area contributed by atoms with Gasteiger partial charge in [-0.05, 0) is 18.4 Å². The highest BCUT2D eigenvalue weighted by atomic mass is 127. The van der Waals surface area contributed by atoms with Crippen molar-refractivity contribution in [1.82, 2.24) is 16.0 Å². The van der Waals surface area contributed by atoms with E-state index < -0.39 is 0 Å². The Morgan fingerprint density at radius 3 is 2.28 bits per heavy atom. The first-order valence-electron chi connectivity index (χ1n) is 8.51. The number of guanidine groups is 1. The van der Waals surface area contributed by atoms with Crippen molar-refractivity contribution < 1.29 is 4.79 Å². The molecule has 0 radical (unpaired) electrons. The van der Waals surface area contributed by atoms with Gasteiger partial charge in [-0.25, -0.2) is 0 Å². The maximum absolute atomic E-state index is 11.8. The Kier molecular flexibility index (Phi) is 10.6. The molecule has 0 aliphatic heterocycles. The standard InChI is InChI=1S/C18H32N4OS.HI/c1-7-19-16(21-11-10-20-15(23)17(2,3)4)22-13-18(5,6)14-9-8-12-24-14;/h8-9,12H,7,10-11,13H2,1-6H3,(H,20,23)(H2,19,21,22);1H. The topological polar surface area (TPSA) is 65.5 Å². The largest absolute Gasteiger partial charge is 0.357 e. The Morgan fingerprint density at radius 2 is 1.76 bits per heavy atom. The lowest BCUT2D eigenvalue weighted by atomic mass is 9.92. The summed E-state index contributed by atoms with van der Waals surface area (Å²) < 4.78 is 0. The lowest BCUT2D eigenvalue weighted by Gasteiger charge is -2.22. The van der Waals surface area contributed by atoms with Crippen LogP contribution < -0.4 is 16.0 Å². The van der Waals surface area contributed by atoms with Crippen LogP contribution in [0.5, 0.6) is 0 Å². The summed E-state index contributed by atoms with van der Waals surface area (Å²) in [5.41, 5.74) is -0.347. The van der Waals surface area contributed by atoms with Crippen LogP contribution in [-0.4, -0.2) is 38.0 Å². The fourth-order valence-electron chi connectivity index (χ4n) is 1.98. The molecule has 0 aliphatic rings. The number of thiophene rings is 1. The molecule has 7 heteroatoms. The molecule has 1 amide bonds. The van der Waals surface area contributed by atoms with Crippen LogP contribution in [0.25, 0.3) is 0 Å². The van der Waals surface area contributed by atoms with Crippen LogP contribution in [0.15, 0.2) is 22.5 Å². The number of aliphatic imine (C=N–C) groups is 1. The molecule has 0 spiro atoms. The second-order valence-corrected chi connectivity index (χ2v) is 8.44. The number of hydrogen-bond donors (Lipinski definition) is 3. The lowest BCUT2D eigenvalue weighted by molar-refractivity contribution is -0.128. The minimum absolute atomic E-state index is 0. The minimum Gasteiger partial charge on any atom is -0.357 e. The van der Waals surface area contributed by atoms with Gasteiger partial charge in [0.15, 0.2) is 5.96 Å². The van der Waals surface area contributed by atoms with E-state index in [9.17, 15) is 4.79 Å². The van der Waals surface area contributed by atoms with Crippen LogP contribution in [0.3, 0.4) is 0 Å². The number of rotatable bonds is 7. The molecule has 0 fully saturated rings. The Balaban J connectivity index is 0.00000576. The summed E-state index contributed by atoms with van der Waals surface area (Å²) in [6.45, 7) is 14.9. The first-order chi connectivity index (χ1) is 11.2. The maximum Gasteiger partial charge on any atom is 0.225 e. The zero-order valence-corrected chi connectivity index (χ0v) is 19.4. The summed E-state index contributed by atoms with van der Waals surface area (Å²) in [7, 11) is 0. The third-order valence-corrected chi connectivity index (χ3v) is 4.78. The van der Waals surface area contributed by atoms with Gasteiger partial charge < -0.3 is 16.0 Å². The lowest BCUT2D eigenvalue weighted by Crippen LogP contribution is -2.44. The number of carbonyl (C=O) groups is 1. The van der Waals surface area contributed by atoms with Gasteiger partial charge in [0.1, 0.15) is 0 Å². The molecule has 1 aromatic rings. The molecule has 0 bridgehead atoms. The van der Waals surface area contributed by atoms with E-state index in [0.29, 0.717) is 19.6 Å². The quantitative estimate of drug-likeness (QED) is 0.243. The fraction of sp³-hybridized carbons (Fsp3) is 0.667. The van der Waals surface area contributed by atoms with Crippen molar-refractivity contribution in [3.8, 4) is 0 Å². The van der Waals surface area contributed by atoms with Crippen LogP contribution in [0, 0.1) is 5.41 Å². The first kappa shape index (κ1) is 24.2. The summed E-state index contributed by atoms with van der Waals surface area (Å²) >= 11 is 1.76. The van der Waals surface area contributed by atoms with Crippen molar-refractivity contribution >= 4 is 47.2 Å². The van der Waals surface area contributed by atoms with Crippen molar-refractivity contribution in [2.45, 2.75) is 47.0 Å². The van der Waals surface area contributed by atoms with E-state index >= 15 is 0 Å². The van der Waals surface area contributed by atoms with Crippen LogP contribution in [0.2, 0.25) is 0 Å². The second-order valence-electron chi connectivity index (χ2n) is 7.49. The van der Waals surface area contributed by atoms with E-state index in [2.05, 4.69) is 47.3 Å². The van der Waals surface area contributed by atoms with E-state index in [1.54, 1.807) is 11.3 Å². The highest BCUT2D eigenvalue weighted by Crippen LogP contribution is 2.27. The van der Waals surface area contributed by atoms with E-state index in [1.807, 2.05) is 27.7 Å². The van der Waals surface area contributed by atoms with E-state index in [1.165, 1.54) is 4.88 Å². The van der Waals surface area contributed by atoms with Crippen LogP contribution in [0.1, 0.15) is 46.4 Å². The molecule has 1 aromatic heterocycles. The summed E-state index contributed by atoms with van der Waals surface area (Å²) in [6, 6.07) is 4.23. The second kappa shape index (κ2) is 11.0. The summed E-state index contributed by atoms with van der Waals surface area (Å²) in [5, 5.41) is 11.6. The number of nitrogens with one attached hydrogen (secondary N) is 3. The smallest absolute Gasteiger partial charge is 0.225 e. The number of amides is 1. The van der Waals surface area contributed by atoms with Gasteiger partial charge in [0.25, 0.3) is 0 Å². The molecule has 0 saturated carbocycles. The predicted molar refractivity (Wildman–Crippen MR) is 119 cm³/mol. The first-order valence-corrected chi connectivity index (χ1v) is 9.39. The number of nitrogens with zero attached hydrogens (tertiary/aromatic N) is 1. The van der Waals surface area contributed by atoms with Gasteiger partial charge in [-0.2, -0.15) is 0 Å². The molecule has 0 atom stereocenters. The molecular formula is C18H33IN4OS.